The van der Waals surface area contributed by atoms with Gasteiger partial charge in [0.25, 0.3) is 5.91 Å². The first kappa shape index (κ1) is 19.4. The molecule has 0 bridgehead atoms. The molecule has 2 aromatic rings. The molecule has 0 aliphatic carbocycles. The van der Waals surface area contributed by atoms with E-state index in [1.165, 1.54) is 11.3 Å². The van der Waals surface area contributed by atoms with Gasteiger partial charge in [-0.25, -0.2) is 0 Å². The van der Waals surface area contributed by atoms with E-state index in [0.29, 0.717) is 32.6 Å². The lowest BCUT2D eigenvalue weighted by atomic mass is 10.1. The summed E-state index contributed by atoms with van der Waals surface area (Å²) in [6.07, 6.45) is 0.536. The fraction of sp³-hybridized carbons (Fsp3) is 0.333. The summed E-state index contributed by atoms with van der Waals surface area (Å²) in [4.78, 5) is 29.1. The average Bonchev–Trinajstić information content (AvgIpc) is 3.16. The lowest BCUT2D eigenvalue weighted by Gasteiger charge is -2.35. The Hall–Kier alpha value is -1.89. The molecule has 1 aliphatic rings. The maximum Gasteiger partial charge on any atom is 0.264 e. The number of nitrogens with zero attached hydrogens (tertiary/aromatic N) is 2. The van der Waals surface area contributed by atoms with Gasteiger partial charge in [0.1, 0.15) is 0 Å². The third kappa shape index (κ3) is 4.81. The number of amides is 2. The summed E-state index contributed by atoms with van der Waals surface area (Å²) in [5, 5.41) is 1.90. The van der Waals surface area contributed by atoms with E-state index in [2.05, 4.69) is 0 Å². The van der Waals surface area contributed by atoms with Crippen LogP contribution in [0.1, 0.15) is 15.2 Å². The highest BCUT2D eigenvalue weighted by Gasteiger charge is 2.27. The maximum atomic E-state index is 12.5. The number of halogens is 1. The van der Waals surface area contributed by atoms with Crippen LogP contribution in [0.15, 0.2) is 47.8 Å². The summed E-state index contributed by atoms with van der Waals surface area (Å²) in [5.41, 5.74) is 7.14. The molecule has 2 N–H and O–H groups in total. The molecule has 0 saturated carbocycles. The van der Waals surface area contributed by atoms with E-state index in [0.717, 1.165) is 10.4 Å². The first-order valence-electron chi connectivity index (χ1n) is 8.06. The molecule has 1 unspecified atom stereocenters. The molecule has 0 spiro atoms. The number of hydrogen-bond acceptors (Lipinski definition) is 4. The molecule has 2 amide bonds. The van der Waals surface area contributed by atoms with Gasteiger partial charge in [-0.1, -0.05) is 36.4 Å². The van der Waals surface area contributed by atoms with E-state index in [4.69, 9.17) is 5.73 Å². The Balaban J connectivity index is 0.00000225. The zero-order chi connectivity index (χ0) is 16.9. The van der Waals surface area contributed by atoms with Crippen LogP contribution in [0.25, 0.3) is 0 Å². The molecule has 2 heterocycles. The van der Waals surface area contributed by atoms with Gasteiger partial charge in [0.05, 0.1) is 10.9 Å². The van der Waals surface area contributed by atoms with Crippen LogP contribution >= 0.6 is 23.7 Å². The largest absolute Gasteiger partial charge is 0.338 e. The van der Waals surface area contributed by atoms with Crippen LogP contribution in [0.2, 0.25) is 0 Å². The molecule has 0 radical (unpaired) electrons. The van der Waals surface area contributed by atoms with E-state index in [1.54, 1.807) is 9.80 Å². The molecule has 3 rings (SSSR count). The first-order chi connectivity index (χ1) is 11.6. The van der Waals surface area contributed by atoms with Crippen LogP contribution in [0, 0.1) is 0 Å². The van der Waals surface area contributed by atoms with E-state index in [9.17, 15) is 9.59 Å². The number of carbonyl (C=O) groups excluding carboxylic acids is 2. The zero-order valence-electron chi connectivity index (χ0n) is 13.8. The minimum absolute atomic E-state index is 0. The quantitative estimate of drug-likeness (QED) is 0.883. The molecule has 1 saturated heterocycles. The van der Waals surface area contributed by atoms with E-state index in [1.807, 2.05) is 47.8 Å². The van der Waals surface area contributed by atoms with Crippen molar-refractivity contribution in [1.29, 1.82) is 0 Å². The van der Waals surface area contributed by atoms with Crippen LogP contribution in [0.3, 0.4) is 0 Å². The van der Waals surface area contributed by atoms with Crippen molar-refractivity contribution in [2.75, 3.05) is 26.2 Å². The predicted octanol–water partition coefficient (Wildman–Crippen LogP) is 2.02. The minimum Gasteiger partial charge on any atom is -0.338 e. The molecule has 5 nitrogen and oxygen atoms in total. The monoisotopic (exact) mass is 379 g/mol. The van der Waals surface area contributed by atoms with Crippen molar-refractivity contribution in [3.05, 3.63) is 58.3 Å². The number of thiophene rings is 1. The highest BCUT2D eigenvalue weighted by Crippen LogP contribution is 2.14. The van der Waals surface area contributed by atoms with Gasteiger partial charge in [0.15, 0.2) is 0 Å². The van der Waals surface area contributed by atoms with Crippen molar-refractivity contribution in [1.82, 2.24) is 9.80 Å². The normalized spacial score (nSPS) is 15.4. The van der Waals surface area contributed by atoms with Crippen LogP contribution in [0.5, 0.6) is 0 Å². The Bertz CT molecular complexity index is 686. The summed E-state index contributed by atoms with van der Waals surface area (Å²) < 4.78 is 0. The summed E-state index contributed by atoms with van der Waals surface area (Å²) in [5.74, 6) is 0.00718. The van der Waals surface area contributed by atoms with Gasteiger partial charge >= 0.3 is 0 Å². The average molecular weight is 380 g/mol. The van der Waals surface area contributed by atoms with Gasteiger partial charge in [0, 0.05) is 26.2 Å². The number of carbonyl (C=O) groups is 2. The molecule has 7 heteroatoms. The first-order valence-corrected chi connectivity index (χ1v) is 8.94. The van der Waals surface area contributed by atoms with Gasteiger partial charge in [0.2, 0.25) is 5.91 Å². The summed E-state index contributed by atoms with van der Waals surface area (Å²) >= 11 is 1.45. The Labute approximate surface area is 157 Å². The molecular weight excluding hydrogens is 358 g/mol. The standard InChI is InChI=1S/C18H21N3O2S.ClH/c19-15(13-14-5-2-1-3-6-14)17(22)20-8-10-21(11-9-20)18(23)16-7-4-12-24-16;/h1-7,12,15H,8-11,13,19H2;1H. The Morgan fingerprint density at radius 3 is 2.24 bits per heavy atom. The van der Waals surface area contributed by atoms with Gasteiger partial charge in [-0.15, -0.1) is 23.7 Å². The molecule has 134 valence electrons. The summed E-state index contributed by atoms with van der Waals surface area (Å²) in [7, 11) is 0. The van der Waals surface area contributed by atoms with Crippen LogP contribution in [-0.2, 0) is 11.2 Å². The van der Waals surface area contributed by atoms with Gasteiger partial charge < -0.3 is 15.5 Å². The van der Waals surface area contributed by atoms with Crippen molar-refractivity contribution >= 4 is 35.6 Å². The molecule has 1 aromatic carbocycles. The highest BCUT2D eigenvalue weighted by atomic mass is 35.5. The van der Waals surface area contributed by atoms with Crippen molar-refractivity contribution in [3.8, 4) is 0 Å². The van der Waals surface area contributed by atoms with Crippen LogP contribution in [-0.4, -0.2) is 53.8 Å². The van der Waals surface area contributed by atoms with E-state index >= 15 is 0 Å². The minimum atomic E-state index is -0.535. The smallest absolute Gasteiger partial charge is 0.264 e. The number of hydrogen-bond donors (Lipinski definition) is 1. The molecule has 1 fully saturated rings. The van der Waals surface area contributed by atoms with E-state index < -0.39 is 6.04 Å². The third-order valence-corrected chi connectivity index (χ3v) is 5.08. The second-order valence-corrected chi connectivity index (χ2v) is 6.84. The van der Waals surface area contributed by atoms with Crippen molar-refractivity contribution in [2.24, 2.45) is 5.73 Å². The highest BCUT2D eigenvalue weighted by molar-refractivity contribution is 7.12. The van der Waals surface area contributed by atoms with Crippen molar-refractivity contribution in [2.45, 2.75) is 12.5 Å². The lowest BCUT2D eigenvalue weighted by molar-refractivity contribution is -0.134. The Kier molecular flexibility index (Phi) is 6.99. The SMILES string of the molecule is Cl.NC(Cc1ccccc1)C(=O)N1CCN(C(=O)c2cccs2)CC1. The predicted molar refractivity (Wildman–Crippen MR) is 102 cm³/mol. The lowest BCUT2D eigenvalue weighted by Crippen LogP contribution is -2.54. The van der Waals surface area contributed by atoms with Gasteiger partial charge in [-0.3, -0.25) is 9.59 Å². The second-order valence-electron chi connectivity index (χ2n) is 5.89. The fourth-order valence-corrected chi connectivity index (χ4v) is 3.57. The second kappa shape index (κ2) is 8.99. The zero-order valence-corrected chi connectivity index (χ0v) is 15.5. The number of benzene rings is 1. The molecule has 1 aliphatic heterocycles. The van der Waals surface area contributed by atoms with Crippen LogP contribution in [0.4, 0.5) is 0 Å². The van der Waals surface area contributed by atoms with Crippen molar-refractivity contribution in [3.63, 3.8) is 0 Å². The number of rotatable bonds is 4. The Morgan fingerprint density at radius 2 is 1.64 bits per heavy atom. The topological polar surface area (TPSA) is 66.6 Å². The third-order valence-electron chi connectivity index (χ3n) is 4.23. The molecule has 25 heavy (non-hydrogen) atoms. The molecular formula is C18H22ClN3O2S. The Morgan fingerprint density at radius 1 is 1.00 bits per heavy atom. The summed E-state index contributed by atoms with van der Waals surface area (Å²) in [6.45, 7) is 2.19. The number of piperazine rings is 1. The fourth-order valence-electron chi connectivity index (χ4n) is 2.88. The maximum absolute atomic E-state index is 12.5. The van der Waals surface area contributed by atoms with Gasteiger partial charge in [-0.05, 0) is 23.4 Å². The van der Waals surface area contributed by atoms with Crippen LogP contribution < -0.4 is 5.73 Å². The summed E-state index contributed by atoms with van der Waals surface area (Å²) in [6, 6.07) is 13.0. The molecule has 1 aromatic heterocycles. The van der Waals surface area contributed by atoms with Gasteiger partial charge in [-0.2, -0.15) is 0 Å². The van der Waals surface area contributed by atoms with E-state index in [-0.39, 0.29) is 24.2 Å². The molecule has 1 atom stereocenters. The van der Waals surface area contributed by atoms with Crippen molar-refractivity contribution < 1.29 is 9.59 Å². The number of nitrogens with two attached hydrogens (primary N) is 1.